The summed E-state index contributed by atoms with van der Waals surface area (Å²) in [6.07, 6.45) is -7.23. The Bertz CT molecular complexity index is 388. The first-order chi connectivity index (χ1) is 7.29. The van der Waals surface area contributed by atoms with Gasteiger partial charge in [0.15, 0.2) is 0 Å². The molecule has 1 aromatic heterocycles. The summed E-state index contributed by atoms with van der Waals surface area (Å²) in [5, 5.41) is 8.73. The molecule has 0 fully saturated rings. The highest BCUT2D eigenvalue weighted by Gasteiger charge is 2.36. The largest absolute Gasteiger partial charge is 0.433 e. The van der Waals surface area contributed by atoms with E-state index in [9.17, 15) is 22.0 Å². The van der Waals surface area contributed by atoms with E-state index in [0.717, 1.165) is 6.92 Å². The van der Waals surface area contributed by atoms with Crippen molar-refractivity contribution in [2.75, 3.05) is 0 Å². The Labute approximate surface area is 87.7 Å². The van der Waals surface area contributed by atoms with Crippen molar-refractivity contribution in [1.82, 2.24) is 4.98 Å². The fourth-order valence-electron chi connectivity index (χ4n) is 1.39. The smallest absolute Gasteiger partial charge is 0.392 e. The molecule has 0 unspecified atom stereocenters. The standard InChI is InChI=1S/C9H8F5NO/c1-4-6(8(10)11)5(3-16)2-15-7(4)9(12,13)14/h2,8,16H,3H2,1H3. The fraction of sp³-hybridized carbons (Fsp3) is 0.444. The first kappa shape index (κ1) is 12.8. The molecule has 0 saturated carbocycles. The van der Waals surface area contributed by atoms with Gasteiger partial charge in [0, 0.05) is 17.3 Å². The van der Waals surface area contributed by atoms with E-state index in [2.05, 4.69) is 4.98 Å². The summed E-state index contributed by atoms with van der Waals surface area (Å²) in [7, 11) is 0. The molecule has 0 saturated heterocycles. The van der Waals surface area contributed by atoms with Crippen LogP contribution >= 0.6 is 0 Å². The van der Waals surface area contributed by atoms with Gasteiger partial charge in [0.05, 0.1) is 6.61 Å². The molecule has 1 aromatic rings. The Morgan fingerprint density at radius 3 is 2.31 bits per heavy atom. The molecule has 0 aliphatic rings. The van der Waals surface area contributed by atoms with Gasteiger partial charge in [-0.3, -0.25) is 4.98 Å². The Morgan fingerprint density at radius 1 is 1.38 bits per heavy atom. The van der Waals surface area contributed by atoms with E-state index in [1.165, 1.54) is 0 Å². The maximum Gasteiger partial charge on any atom is 0.433 e. The molecule has 0 aromatic carbocycles. The zero-order valence-corrected chi connectivity index (χ0v) is 8.15. The monoisotopic (exact) mass is 241 g/mol. The highest BCUT2D eigenvalue weighted by molar-refractivity contribution is 5.37. The van der Waals surface area contributed by atoms with Crippen molar-refractivity contribution in [1.29, 1.82) is 0 Å². The van der Waals surface area contributed by atoms with Crippen LogP contribution in [-0.4, -0.2) is 10.1 Å². The first-order valence-electron chi connectivity index (χ1n) is 4.23. The van der Waals surface area contributed by atoms with Crippen molar-refractivity contribution >= 4 is 0 Å². The van der Waals surface area contributed by atoms with Crippen molar-refractivity contribution in [3.8, 4) is 0 Å². The third kappa shape index (κ3) is 2.29. The summed E-state index contributed by atoms with van der Waals surface area (Å²) in [5.74, 6) is 0. The lowest BCUT2D eigenvalue weighted by atomic mass is 10.0. The van der Waals surface area contributed by atoms with E-state index < -0.39 is 36.0 Å². The van der Waals surface area contributed by atoms with Gasteiger partial charge in [-0.2, -0.15) is 13.2 Å². The van der Waals surface area contributed by atoms with E-state index in [0.29, 0.717) is 6.20 Å². The first-order valence-corrected chi connectivity index (χ1v) is 4.23. The molecule has 0 aliphatic carbocycles. The van der Waals surface area contributed by atoms with Gasteiger partial charge in [0.25, 0.3) is 6.43 Å². The molecule has 2 nitrogen and oxygen atoms in total. The van der Waals surface area contributed by atoms with Gasteiger partial charge in [-0.15, -0.1) is 0 Å². The number of rotatable bonds is 2. The fourth-order valence-corrected chi connectivity index (χ4v) is 1.39. The van der Waals surface area contributed by atoms with Crippen molar-refractivity contribution in [2.24, 2.45) is 0 Å². The molecule has 16 heavy (non-hydrogen) atoms. The van der Waals surface area contributed by atoms with Gasteiger partial charge < -0.3 is 5.11 Å². The molecule has 0 spiro atoms. The SMILES string of the molecule is Cc1c(C(F)(F)F)ncc(CO)c1C(F)F. The van der Waals surface area contributed by atoms with Crippen LogP contribution in [0, 0.1) is 6.92 Å². The van der Waals surface area contributed by atoms with Gasteiger partial charge >= 0.3 is 6.18 Å². The van der Waals surface area contributed by atoms with Crippen LogP contribution in [0.2, 0.25) is 0 Å². The van der Waals surface area contributed by atoms with E-state index in [-0.39, 0.29) is 5.56 Å². The van der Waals surface area contributed by atoms with Crippen LogP contribution in [0.3, 0.4) is 0 Å². The molecule has 7 heteroatoms. The van der Waals surface area contributed by atoms with E-state index in [4.69, 9.17) is 5.11 Å². The zero-order valence-electron chi connectivity index (χ0n) is 8.15. The summed E-state index contributed by atoms with van der Waals surface area (Å²) < 4.78 is 62.1. The summed E-state index contributed by atoms with van der Waals surface area (Å²) in [5.41, 5.74) is -3.08. The lowest BCUT2D eigenvalue weighted by Crippen LogP contribution is -2.14. The number of halogens is 5. The Balaban J connectivity index is 3.44. The van der Waals surface area contributed by atoms with Gasteiger partial charge in [-0.05, 0) is 12.5 Å². The zero-order chi connectivity index (χ0) is 12.5. The number of hydrogen-bond donors (Lipinski definition) is 1. The topological polar surface area (TPSA) is 33.1 Å². The van der Waals surface area contributed by atoms with Gasteiger partial charge in [-0.1, -0.05) is 0 Å². The van der Waals surface area contributed by atoms with E-state index in [1.54, 1.807) is 0 Å². The molecule has 0 bridgehead atoms. The quantitative estimate of drug-likeness (QED) is 0.807. The van der Waals surface area contributed by atoms with Gasteiger partial charge in [0.2, 0.25) is 0 Å². The minimum absolute atomic E-state index is 0.291. The van der Waals surface area contributed by atoms with Crippen molar-refractivity contribution in [2.45, 2.75) is 26.1 Å². The number of nitrogens with zero attached hydrogens (tertiary/aromatic N) is 1. The van der Waals surface area contributed by atoms with Crippen LogP contribution < -0.4 is 0 Å². The third-order valence-corrected chi connectivity index (χ3v) is 2.11. The minimum atomic E-state index is -4.78. The number of alkyl halides is 5. The summed E-state index contributed by atoms with van der Waals surface area (Å²) >= 11 is 0. The van der Waals surface area contributed by atoms with Gasteiger partial charge in [-0.25, -0.2) is 8.78 Å². The van der Waals surface area contributed by atoms with Crippen molar-refractivity contribution < 1.29 is 27.1 Å². The van der Waals surface area contributed by atoms with Crippen LogP contribution in [0.1, 0.15) is 28.8 Å². The predicted octanol–water partition coefficient (Wildman–Crippen LogP) is 2.84. The van der Waals surface area contributed by atoms with E-state index >= 15 is 0 Å². The number of aliphatic hydroxyl groups excluding tert-OH is 1. The Kier molecular flexibility index (Phi) is 3.47. The number of aromatic nitrogens is 1. The second-order valence-electron chi connectivity index (χ2n) is 3.13. The number of pyridine rings is 1. The average molecular weight is 241 g/mol. The molecule has 1 N–H and O–H groups in total. The number of hydrogen-bond acceptors (Lipinski definition) is 2. The van der Waals surface area contributed by atoms with Crippen LogP contribution in [0.15, 0.2) is 6.20 Å². The maximum atomic E-state index is 12.5. The normalized spacial score (nSPS) is 12.2. The maximum absolute atomic E-state index is 12.5. The molecule has 0 amide bonds. The van der Waals surface area contributed by atoms with Crippen LogP contribution in [0.25, 0.3) is 0 Å². The van der Waals surface area contributed by atoms with Crippen LogP contribution in [0.4, 0.5) is 22.0 Å². The second-order valence-corrected chi connectivity index (χ2v) is 3.13. The highest BCUT2D eigenvalue weighted by Crippen LogP contribution is 2.35. The Hall–Kier alpha value is -1.24. The Morgan fingerprint density at radius 2 is 1.94 bits per heavy atom. The minimum Gasteiger partial charge on any atom is -0.392 e. The molecule has 0 radical (unpaired) electrons. The highest BCUT2D eigenvalue weighted by atomic mass is 19.4. The lowest BCUT2D eigenvalue weighted by Gasteiger charge is -2.15. The number of aliphatic hydroxyl groups is 1. The molecule has 1 heterocycles. The summed E-state index contributed by atoms with van der Waals surface area (Å²) in [6, 6.07) is 0. The molecule has 0 atom stereocenters. The average Bonchev–Trinajstić information content (AvgIpc) is 2.14. The summed E-state index contributed by atoms with van der Waals surface area (Å²) in [6.45, 7) is 0.141. The molecule has 1 rings (SSSR count). The summed E-state index contributed by atoms with van der Waals surface area (Å²) in [4.78, 5) is 3.05. The predicted molar refractivity (Wildman–Crippen MR) is 44.9 cm³/mol. The molecule has 0 aliphatic heterocycles. The molecule has 90 valence electrons. The lowest BCUT2D eigenvalue weighted by molar-refractivity contribution is -0.141. The van der Waals surface area contributed by atoms with Crippen LogP contribution in [0.5, 0.6) is 0 Å². The van der Waals surface area contributed by atoms with Crippen molar-refractivity contribution in [3.63, 3.8) is 0 Å². The van der Waals surface area contributed by atoms with Gasteiger partial charge in [0.1, 0.15) is 5.69 Å². The second kappa shape index (κ2) is 4.32. The third-order valence-electron chi connectivity index (χ3n) is 2.11. The van der Waals surface area contributed by atoms with E-state index in [1.807, 2.05) is 0 Å². The molecular formula is C9H8F5NO. The van der Waals surface area contributed by atoms with Crippen molar-refractivity contribution in [3.05, 3.63) is 28.6 Å². The molecular weight excluding hydrogens is 233 g/mol. The van der Waals surface area contributed by atoms with Crippen LogP contribution in [-0.2, 0) is 12.8 Å².